The smallest absolute Gasteiger partial charge is 0.315 e. The van der Waals surface area contributed by atoms with Gasteiger partial charge in [-0.15, -0.1) is 0 Å². The lowest BCUT2D eigenvalue weighted by Gasteiger charge is -2.28. The van der Waals surface area contributed by atoms with Crippen LogP contribution in [0, 0.1) is 0 Å². The summed E-state index contributed by atoms with van der Waals surface area (Å²) in [6.45, 7) is 12.0. The molecule has 0 bridgehead atoms. The lowest BCUT2D eigenvalue weighted by atomic mass is 9.92. The maximum atomic E-state index is 12.4. The van der Waals surface area contributed by atoms with Crippen LogP contribution in [0.1, 0.15) is 50.8 Å². The third-order valence-electron chi connectivity index (χ3n) is 4.59. The zero-order chi connectivity index (χ0) is 19.2. The number of allylic oxidation sites excluding steroid dienone is 1. The van der Waals surface area contributed by atoms with Gasteiger partial charge in [0.25, 0.3) is 0 Å². The van der Waals surface area contributed by atoms with Gasteiger partial charge in [0.1, 0.15) is 0 Å². The van der Waals surface area contributed by atoms with Crippen LogP contribution in [0.5, 0.6) is 0 Å². The van der Waals surface area contributed by atoms with Gasteiger partial charge < -0.3 is 10.6 Å². The van der Waals surface area contributed by atoms with Gasteiger partial charge in [-0.2, -0.15) is 0 Å². The number of urea groups is 1. The van der Waals surface area contributed by atoms with E-state index in [2.05, 4.69) is 35.4 Å². The minimum Gasteiger partial charge on any atom is -0.336 e. The first-order valence-electron chi connectivity index (χ1n) is 9.17. The fraction of sp³-hybridized carbons (Fsp3) is 0.348. The van der Waals surface area contributed by atoms with Gasteiger partial charge >= 0.3 is 6.03 Å². The van der Waals surface area contributed by atoms with Crippen LogP contribution in [-0.2, 0) is 12.0 Å². The standard InChI is InChI=1S/C23H30N2O/c1-17(2)20-12-9-13-21(16-20)23(4,5)25-22(26)24-18(3)14-15-19-10-7-6-8-11-19/h6-13,16,18H,1,14-15H2,2-5H3,(H2,24,25,26)/t18-/m0/s1. The van der Waals surface area contributed by atoms with Crippen molar-refractivity contribution in [2.75, 3.05) is 0 Å². The number of rotatable bonds is 7. The van der Waals surface area contributed by atoms with Crippen LogP contribution >= 0.6 is 0 Å². The molecule has 1 atom stereocenters. The van der Waals surface area contributed by atoms with Gasteiger partial charge in [-0.1, -0.05) is 60.7 Å². The maximum absolute atomic E-state index is 12.4. The summed E-state index contributed by atoms with van der Waals surface area (Å²) < 4.78 is 0. The SMILES string of the molecule is C=C(C)c1cccc(C(C)(C)NC(=O)N[C@@H](C)CCc2ccccc2)c1. The molecular weight excluding hydrogens is 320 g/mol. The lowest BCUT2D eigenvalue weighted by Crippen LogP contribution is -2.49. The normalized spacial score (nSPS) is 12.3. The molecule has 26 heavy (non-hydrogen) atoms. The van der Waals surface area contributed by atoms with Crippen LogP contribution < -0.4 is 10.6 Å². The van der Waals surface area contributed by atoms with Crippen LogP contribution in [0.2, 0.25) is 0 Å². The van der Waals surface area contributed by atoms with E-state index in [0.717, 1.165) is 29.5 Å². The van der Waals surface area contributed by atoms with Crippen molar-refractivity contribution in [2.24, 2.45) is 0 Å². The Kier molecular flexibility index (Phi) is 6.62. The summed E-state index contributed by atoms with van der Waals surface area (Å²) in [5, 5.41) is 6.13. The summed E-state index contributed by atoms with van der Waals surface area (Å²) >= 11 is 0. The summed E-state index contributed by atoms with van der Waals surface area (Å²) in [7, 11) is 0. The molecule has 2 N–H and O–H groups in total. The van der Waals surface area contributed by atoms with Crippen molar-refractivity contribution in [3.8, 4) is 0 Å². The molecule has 0 aliphatic carbocycles. The Bertz CT molecular complexity index is 750. The summed E-state index contributed by atoms with van der Waals surface area (Å²) in [5.74, 6) is 0. The number of carbonyl (C=O) groups excluding carboxylic acids is 1. The van der Waals surface area contributed by atoms with E-state index in [0.29, 0.717) is 0 Å². The third kappa shape index (κ3) is 5.76. The van der Waals surface area contributed by atoms with Crippen LogP contribution in [-0.4, -0.2) is 12.1 Å². The molecule has 0 saturated heterocycles. The molecule has 2 aromatic carbocycles. The summed E-state index contributed by atoms with van der Waals surface area (Å²) in [6.07, 6.45) is 1.86. The Hall–Kier alpha value is -2.55. The van der Waals surface area contributed by atoms with Crippen molar-refractivity contribution >= 4 is 11.6 Å². The Balaban J connectivity index is 1.91. The van der Waals surface area contributed by atoms with E-state index >= 15 is 0 Å². The first kappa shape index (κ1) is 19.8. The van der Waals surface area contributed by atoms with Gasteiger partial charge in [-0.25, -0.2) is 4.79 Å². The summed E-state index contributed by atoms with van der Waals surface area (Å²) in [5.41, 5.74) is 3.99. The van der Waals surface area contributed by atoms with Crippen molar-refractivity contribution < 1.29 is 4.79 Å². The zero-order valence-corrected chi connectivity index (χ0v) is 16.3. The fourth-order valence-corrected chi connectivity index (χ4v) is 2.89. The van der Waals surface area contributed by atoms with Crippen molar-refractivity contribution in [1.82, 2.24) is 10.6 Å². The van der Waals surface area contributed by atoms with Crippen molar-refractivity contribution in [3.63, 3.8) is 0 Å². The third-order valence-corrected chi connectivity index (χ3v) is 4.59. The minimum absolute atomic E-state index is 0.104. The highest BCUT2D eigenvalue weighted by Gasteiger charge is 2.23. The predicted octanol–water partition coefficient (Wildman–Crippen LogP) is 5.28. The molecule has 0 spiro atoms. The van der Waals surface area contributed by atoms with E-state index in [1.807, 2.05) is 64.1 Å². The van der Waals surface area contributed by atoms with Gasteiger partial charge in [0, 0.05) is 6.04 Å². The van der Waals surface area contributed by atoms with E-state index in [-0.39, 0.29) is 12.1 Å². The summed E-state index contributed by atoms with van der Waals surface area (Å²) in [6, 6.07) is 18.5. The van der Waals surface area contributed by atoms with Gasteiger partial charge in [-0.3, -0.25) is 0 Å². The molecule has 0 aliphatic heterocycles. The van der Waals surface area contributed by atoms with E-state index in [4.69, 9.17) is 0 Å². The number of hydrogen-bond acceptors (Lipinski definition) is 1. The number of aryl methyl sites for hydroxylation is 1. The van der Waals surface area contributed by atoms with E-state index in [9.17, 15) is 4.79 Å². The molecule has 2 aromatic rings. The minimum atomic E-state index is -0.464. The van der Waals surface area contributed by atoms with Crippen LogP contribution in [0.25, 0.3) is 5.57 Å². The van der Waals surface area contributed by atoms with Crippen molar-refractivity contribution in [3.05, 3.63) is 77.9 Å². The highest BCUT2D eigenvalue weighted by molar-refractivity contribution is 5.75. The highest BCUT2D eigenvalue weighted by Crippen LogP contribution is 2.23. The van der Waals surface area contributed by atoms with Gasteiger partial charge in [0.05, 0.1) is 5.54 Å². The van der Waals surface area contributed by atoms with Crippen LogP contribution in [0.3, 0.4) is 0 Å². The number of benzene rings is 2. The molecular formula is C23H30N2O. The van der Waals surface area contributed by atoms with Crippen molar-refractivity contribution in [2.45, 2.75) is 52.1 Å². The maximum Gasteiger partial charge on any atom is 0.315 e. The molecule has 2 rings (SSSR count). The van der Waals surface area contributed by atoms with Gasteiger partial charge in [-0.05, 0) is 63.3 Å². The topological polar surface area (TPSA) is 41.1 Å². The fourth-order valence-electron chi connectivity index (χ4n) is 2.89. The van der Waals surface area contributed by atoms with Gasteiger partial charge in [0.2, 0.25) is 0 Å². The van der Waals surface area contributed by atoms with Gasteiger partial charge in [0.15, 0.2) is 0 Å². The van der Waals surface area contributed by atoms with Crippen LogP contribution in [0.4, 0.5) is 4.79 Å². The first-order valence-corrected chi connectivity index (χ1v) is 9.17. The second-order valence-corrected chi connectivity index (χ2v) is 7.51. The predicted molar refractivity (Wildman–Crippen MR) is 110 cm³/mol. The molecule has 0 radical (unpaired) electrons. The van der Waals surface area contributed by atoms with Crippen LogP contribution in [0.15, 0.2) is 61.2 Å². The molecule has 3 nitrogen and oxygen atoms in total. The molecule has 138 valence electrons. The number of nitrogens with one attached hydrogen (secondary N) is 2. The molecule has 0 unspecified atom stereocenters. The largest absolute Gasteiger partial charge is 0.336 e. The average Bonchev–Trinajstić information content (AvgIpc) is 2.60. The molecule has 0 aliphatic rings. The number of hydrogen-bond donors (Lipinski definition) is 2. The van der Waals surface area contributed by atoms with E-state index in [1.54, 1.807) is 0 Å². The second kappa shape index (κ2) is 8.70. The van der Waals surface area contributed by atoms with E-state index < -0.39 is 5.54 Å². The Morgan fingerprint density at radius 1 is 1.12 bits per heavy atom. The van der Waals surface area contributed by atoms with Crippen molar-refractivity contribution in [1.29, 1.82) is 0 Å². The average molecular weight is 351 g/mol. The number of amides is 2. The number of carbonyl (C=O) groups is 1. The highest BCUT2D eigenvalue weighted by atomic mass is 16.2. The molecule has 0 saturated carbocycles. The molecule has 0 fully saturated rings. The Labute approximate surface area is 157 Å². The monoisotopic (exact) mass is 350 g/mol. The lowest BCUT2D eigenvalue weighted by molar-refractivity contribution is 0.226. The molecule has 0 heterocycles. The molecule has 3 heteroatoms. The summed E-state index contributed by atoms with van der Waals surface area (Å²) in [4.78, 5) is 12.4. The first-order chi connectivity index (χ1) is 12.3. The zero-order valence-electron chi connectivity index (χ0n) is 16.3. The molecule has 0 aromatic heterocycles. The quantitative estimate of drug-likeness (QED) is 0.701. The Morgan fingerprint density at radius 2 is 1.81 bits per heavy atom. The Morgan fingerprint density at radius 3 is 2.46 bits per heavy atom. The van der Waals surface area contributed by atoms with E-state index in [1.165, 1.54) is 5.56 Å². The second-order valence-electron chi connectivity index (χ2n) is 7.51. The molecule has 2 amide bonds.